The van der Waals surface area contributed by atoms with E-state index in [1.54, 1.807) is 30.3 Å². The van der Waals surface area contributed by atoms with E-state index in [0.29, 0.717) is 0 Å². The minimum atomic E-state index is -4.05. The van der Waals surface area contributed by atoms with Crippen LogP contribution in [0.25, 0.3) is 0 Å². The first kappa shape index (κ1) is 14.0. The van der Waals surface area contributed by atoms with E-state index in [2.05, 4.69) is 4.28 Å². The third-order valence-corrected chi connectivity index (χ3v) is 3.63. The molecule has 7 heteroatoms. The predicted molar refractivity (Wildman–Crippen MR) is 73.0 cm³/mol. The van der Waals surface area contributed by atoms with Crippen LogP contribution < -0.4 is 11.2 Å². The fraction of sp³-hybridized carbons (Fsp3) is 0. The van der Waals surface area contributed by atoms with Crippen molar-refractivity contribution in [2.45, 2.75) is 4.90 Å². The summed E-state index contributed by atoms with van der Waals surface area (Å²) < 4.78 is 28.1. The van der Waals surface area contributed by atoms with E-state index in [1.807, 2.05) is 5.48 Å². The second-order valence-corrected chi connectivity index (χ2v) is 5.42. The number of carbonyl (C=O) groups is 1. The average Bonchev–Trinajstić information content (AvgIpc) is 2.46. The van der Waals surface area contributed by atoms with Crippen molar-refractivity contribution in [3.63, 3.8) is 0 Å². The molecule has 0 radical (unpaired) electrons. The number of carbonyl (C=O) groups excluding carboxylic acids is 1. The van der Waals surface area contributed by atoms with Gasteiger partial charge in [-0.25, -0.2) is 5.48 Å². The quantitative estimate of drug-likeness (QED) is 0.654. The van der Waals surface area contributed by atoms with Crippen molar-refractivity contribution in [2.75, 3.05) is 5.73 Å². The van der Waals surface area contributed by atoms with Gasteiger partial charge in [-0.1, -0.05) is 30.3 Å². The molecular weight excluding hydrogens is 280 g/mol. The summed E-state index contributed by atoms with van der Waals surface area (Å²) in [5.74, 6) is -0.734. The lowest BCUT2D eigenvalue weighted by Gasteiger charge is -2.07. The smallest absolute Gasteiger partial charge is 0.317 e. The van der Waals surface area contributed by atoms with Crippen LogP contribution in [0.15, 0.2) is 59.5 Å². The van der Waals surface area contributed by atoms with E-state index in [0.717, 1.165) is 0 Å². The van der Waals surface area contributed by atoms with Gasteiger partial charge in [-0.3, -0.25) is 4.79 Å². The largest absolute Gasteiger partial charge is 0.398 e. The third-order valence-electron chi connectivity index (χ3n) is 2.48. The maximum Gasteiger partial charge on any atom is 0.317 e. The summed E-state index contributed by atoms with van der Waals surface area (Å²) in [6.45, 7) is 0. The number of hydrogen-bond acceptors (Lipinski definition) is 5. The second kappa shape index (κ2) is 5.72. The Labute approximate surface area is 116 Å². The molecule has 0 aliphatic carbocycles. The van der Waals surface area contributed by atoms with Crippen LogP contribution in [0, 0.1) is 0 Å². The molecule has 0 spiro atoms. The van der Waals surface area contributed by atoms with Crippen LogP contribution in [0.3, 0.4) is 0 Å². The Morgan fingerprint density at radius 1 is 1.00 bits per heavy atom. The highest BCUT2D eigenvalue weighted by Gasteiger charge is 2.18. The number of nitrogens with two attached hydrogens (primary N) is 1. The summed E-state index contributed by atoms with van der Waals surface area (Å²) in [5.41, 5.74) is 7.84. The van der Waals surface area contributed by atoms with Crippen LogP contribution >= 0.6 is 0 Å². The van der Waals surface area contributed by atoms with Gasteiger partial charge in [0, 0.05) is 5.69 Å². The van der Waals surface area contributed by atoms with Gasteiger partial charge in [-0.05, 0) is 24.3 Å². The van der Waals surface area contributed by atoms with E-state index in [4.69, 9.17) is 5.73 Å². The van der Waals surface area contributed by atoms with Gasteiger partial charge in [0.15, 0.2) is 0 Å². The third kappa shape index (κ3) is 3.14. The Bertz CT molecular complexity index is 714. The minimum Gasteiger partial charge on any atom is -0.398 e. The Morgan fingerprint density at radius 3 is 2.25 bits per heavy atom. The van der Waals surface area contributed by atoms with Gasteiger partial charge in [0.1, 0.15) is 0 Å². The number of benzene rings is 2. The molecule has 2 aromatic rings. The Hall–Kier alpha value is -2.38. The van der Waals surface area contributed by atoms with Crippen LogP contribution in [-0.4, -0.2) is 14.3 Å². The van der Waals surface area contributed by atoms with E-state index in [-0.39, 0.29) is 16.1 Å². The Balaban J connectivity index is 2.10. The molecule has 0 fully saturated rings. The molecule has 104 valence electrons. The molecule has 2 rings (SSSR count). The van der Waals surface area contributed by atoms with Gasteiger partial charge in [0.25, 0.3) is 5.91 Å². The highest BCUT2D eigenvalue weighted by atomic mass is 32.2. The number of nitrogen functional groups attached to an aromatic ring is 1. The SMILES string of the molecule is Nc1ccccc1C(=O)NOS(=O)(=O)c1ccccc1. The van der Waals surface area contributed by atoms with E-state index in [1.165, 1.54) is 24.3 Å². The van der Waals surface area contributed by atoms with Crippen molar-refractivity contribution in [3.05, 3.63) is 60.2 Å². The maximum absolute atomic E-state index is 11.8. The molecule has 0 heterocycles. The number of amides is 1. The lowest BCUT2D eigenvalue weighted by molar-refractivity contribution is 0.0771. The molecule has 20 heavy (non-hydrogen) atoms. The number of hydrogen-bond donors (Lipinski definition) is 2. The zero-order valence-corrected chi connectivity index (χ0v) is 11.1. The first-order chi connectivity index (χ1) is 9.50. The van der Waals surface area contributed by atoms with E-state index < -0.39 is 16.0 Å². The monoisotopic (exact) mass is 292 g/mol. The average molecular weight is 292 g/mol. The van der Waals surface area contributed by atoms with Gasteiger partial charge in [-0.15, -0.1) is 4.28 Å². The highest BCUT2D eigenvalue weighted by Crippen LogP contribution is 2.12. The standard InChI is InChI=1S/C13H12N2O4S/c14-12-9-5-4-8-11(12)13(16)15-19-20(17,18)10-6-2-1-3-7-10/h1-9H,14H2,(H,15,16). The molecule has 2 aromatic carbocycles. The lowest BCUT2D eigenvalue weighted by atomic mass is 10.2. The predicted octanol–water partition coefficient (Wildman–Crippen LogP) is 1.32. The van der Waals surface area contributed by atoms with Crippen molar-refractivity contribution in [2.24, 2.45) is 0 Å². The zero-order valence-electron chi connectivity index (χ0n) is 10.3. The number of rotatable bonds is 4. The first-order valence-corrected chi connectivity index (χ1v) is 7.05. The van der Waals surface area contributed by atoms with Crippen molar-refractivity contribution in [3.8, 4) is 0 Å². The van der Waals surface area contributed by atoms with Crippen LogP contribution in [-0.2, 0) is 14.4 Å². The molecule has 0 aromatic heterocycles. The lowest BCUT2D eigenvalue weighted by Crippen LogP contribution is -2.27. The fourth-order valence-corrected chi connectivity index (χ4v) is 2.26. The molecular formula is C13H12N2O4S. The van der Waals surface area contributed by atoms with Crippen LogP contribution in [0.5, 0.6) is 0 Å². The molecule has 0 bridgehead atoms. The number of anilines is 1. The number of para-hydroxylation sites is 1. The fourth-order valence-electron chi connectivity index (χ4n) is 1.49. The van der Waals surface area contributed by atoms with Crippen molar-refractivity contribution >= 4 is 21.7 Å². The highest BCUT2D eigenvalue weighted by molar-refractivity contribution is 7.86. The van der Waals surface area contributed by atoms with Crippen molar-refractivity contribution in [1.82, 2.24) is 5.48 Å². The van der Waals surface area contributed by atoms with Crippen molar-refractivity contribution in [1.29, 1.82) is 0 Å². The first-order valence-electron chi connectivity index (χ1n) is 5.64. The van der Waals surface area contributed by atoms with E-state index >= 15 is 0 Å². The molecule has 1 amide bonds. The molecule has 0 atom stereocenters. The van der Waals surface area contributed by atoms with Gasteiger partial charge < -0.3 is 5.73 Å². The van der Waals surface area contributed by atoms with Crippen LogP contribution in [0.4, 0.5) is 5.69 Å². The summed E-state index contributed by atoms with van der Waals surface area (Å²) in [5, 5.41) is 0. The summed E-state index contributed by atoms with van der Waals surface area (Å²) >= 11 is 0. The maximum atomic E-state index is 11.8. The Morgan fingerprint density at radius 2 is 1.60 bits per heavy atom. The molecule has 0 saturated carbocycles. The zero-order chi connectivity index (χ0) is 14.6. The molecule has 6 nitrogen and oxygen atoms in total. The summed E-state index contributed by atoms with van der Waals surface area (Å²) in [7, 11) is -4.05. The summed E-state index contributed by atoms with van der Waals surface area (Å²) in [6.07, 6.45) is 0. The Kier molecular flexibility index (Phi) is 4.02. The van der Waals surface area contributed by atoms with Gasteiger partial charge in [0.2, 0.25) is 0 Å². The van der Waals surface area contributed by atoms with Gasteiger partial charge in [-0.2, -0.15) is 8.42 Å². The second-order valence-electron chi connectivity index (χ2n) is 3.87. The normalized spacial score (nSPS) is 11.0. The number of nitrogens with one attached hydrogen (secondary N) is 1. The minimum absolute atomic E-state index is 0.0543. The molecule has 0 aliphatic rings. The summed E-state index contributed by atoms with van der Waals surface area (Å²) in [4.78, 5) is 11.7. The van der Waals surface area contributed by atoms with Gasteiger partial charge in [0.05, 0.1) is 10.5 Å². The van der Waals surface area contributed by atoms with E-state index in [9.17, 15) is 13.2 Å². The van der Waals surface area contributed by atoms with Crippen LogP contribution in [0.2, 0.25) is 0 Å². The molecule has 0 unspecified atom stereocenters. The summed E-state index contributed by atoms with van der Waals surface area (Å²) in [6, 6.07) is 13.7. The molecule has 0 aliphatic heterocycles. The number of hydroxylamine groups is 1. The topological polar surface area (TPSA) is 98.5 Å². The van der Waals surface area contributed by atoms with Crippen LogP contribution in [0.1, 0.15) is 10.4 Å². The van der Waals surface area contributed by atoms with Gasteiger partial charge >= 0.3 is 10.1 Å². The van der Waals surface area contributed by atoms with Crippen molar-refractivity contribution < 1.29 is 17.5 Å². The molecule has 3 N–H and O–H groups in total. The molecule has 0 saturated heterocycles.